The highest BCUT2D eigenvalue weighted by Crippen LogP contribution is 2.18. The second kappa shape index (κ2) is 5.88. The Morgan fingerprint density at radius 2 is 1.80 bits per heavy atom. The first-order valence-electron chi connectivity index (χ1n) is 7.06. The van der Waals surface area contributed by atoms with Crippen molar-refractivity contribution in [3.8, 4) is 0 Å². The van der Waals surface area contributed by atoms with Gasteiger partial charge in [0.05, 0.1) is 23.4 Å². The topological polar surface area (TPSA) is 29.9 Å². The summed E-state index contributed by atoms with van der Waals surface area (Å²) < 4.78 is 2.22. The van der Waals surface area contributed by atoms with Gasteiger partial charge in [-0.15, -0.1) is 0 Å². The molecular weight excluding hydrogens is 246 g/mol. The van der Waals surface area contributed by atoms with E-state index in [2.05, 4.69) is 70.3 Å². The smallest absolute Gasteiger partial charge is 0.0958 e. The van der Waals surface area contributed by atoms with Crippen molar-refractivity contribution in [1.82, 2.24) is 14.9 Å². The van der Waals surface area contributed by atoms with Crippen LogP contribution in [0.1, 0.15) is 18.5 Å². The summed E-state index contributed by atoms with van der Waals surface area (Å²) in [6.07, 6.45) is 1.93. The number of rotatable bonds is 5. The number of benzene rings is 2. The second-order valence-electron chi connectivity index (χ2n) is 4.91. The lowest BCUT2D eigenvalue weighted by atomic mass is 10.1. The summed E-state index contributed by atoms with van der Waals surface area (Å²) in [5.41, 5.74) is 3.55. The predicted octanol–water partition coefficient (Wildman–Crippen LogP) is 3.39. The number of hydrogen-bond donors (Lipinski definition) is 1. The van der Waals surface area contributed by atoms with Crippen LogP contribution in [-0.2, 0) is 6.54 Å². The summed E-state index contributed by atoms with van der Waals surface area (Å²) in [7, 11) is 0. The Morgan fingerprint density at radius 1 is 1.05 bits per heavy atom. The summed E-state index contributed by atoms with van der Waals surface area (Å²) in [4.78, 5) is 4.46. The van der Waals surface area contributed by atoms with E-state index in [1.807, 2.05) is 12.4 Å². The first-order valence-corrected chi connectivity index (χ1v) is 7.06. The number of imidazole rings is 1. The lowest BCUT2D eigenvalue weighted by Gasteiger charge is -2.19. The van der Waals surface area contributed by atoms with Crippen molar-refractivity contribution in [2.45, 2.75) is 19.5 Å². The van der Waals surface area contributed by atoms with Crippen LogP contribution < -0.4 is 5.32 Å². The van der Waals surface area contributed by atoms with Crippen LogP contribution in [0.5, 0.6) is 0 Å². The first kappa shape index (κ1) is 12.9. The minimum atomic E-state index is 0.304. The molecule has 1 N–H and O–H groups in total. The Morgan fingerprint density at radius 3 is 2.60 bits per heavy atom. The Kier molecular flexibility index (Phi) is 3.79. The third kappa shape index (κ3) is 2.58. The van der Waals surface area contributed by atoms with Gasteiger partial charge in [-0.25, -0.2) is 4.98 Å². The molecule has 0 fully saturated rings. The van der Waals surface area contributed by atoms with Crippen molar-refractivity contribution in [2.75, 3.05) is 6.54 Å². The maximum Gasteiger partial charge on any atom is 0.0958 e. The zero-order valence-electron chi connectivity index (χ0n) is 11.7. The first-order chi connectivity index (χ1) is 9.88. The van der Waals surface area contributed by atoms with Crippen molar-refractivity contribution in [3.63, 3.8) is 0 Å². The maximum atomic E-state index is 4.46. The van der Waals surface area contributed by atoms with E-state index >= 15 is 0 Å². The van der Waals surface area contributed by atoms with Gasteiger partial charge in [-0.1, -0.05) is 49.4 Å². The van der Waals surface area contributed by atoms with Crippen LogP contribution in [0.25, 0.3) is 11.0 Å². The molecule has 3 nitrogen and oxygen atoms in total. The SMILES string of the molecule is CCNC(Cn1cnc2ccccc21)c1ccccc1. The fourth-order valence-corrected chi connectivity index (χ4v) is 2.57. The standard InChI is InChI=1S/C17H19N3/c1-2-18-16(14-8-4-3-5-9-14)12-20-13-19-15-10-6-7-11-17(15)20/h3-11,13,16,18H,2,12H2,1H3. The van der Waals surface area contributed by atoms with Gasteiger partial charge in [0.1, 0.15) is 0 Å². The monoisotopic (exact) mass is 265 g/mol. The molecule has 0 aliphatic heterocycles. The molecule has 1 heterocycles. The Balaban J connectivity index is 1.90. The van der Waals surface area contributed by atoms with Gasteiger partial charge in [0, 0.05) is 6.54 Å². The zero-order valence-corrected chi connectivity index (χ0v) is 11.7. The molecule has 3 heteroatoms. The summed E-state index contributed by atoms with van der Waals surface area (Å²) in [6, 6.07) is 19.1. The van der Waals surface area contributed by atoms with Crippen molar-refractivity contribution in [2.24, 2.45) is 0 Å². The molecule has 3 rings (SSSR count). The van der Waals surface area contributed by atoms with Gasteiger partial charge >= 0.3 is 0 Å². The molecule has 0 aliphatic carbocycles. The average Bonchev–Trinajstić information content (AvgIpc) is 2.91. The van der Waals surface area contributed by atoms with Crippen molar-refractivity contribution in [3.05, 3.63) is 66.5 Å². The Hall–Kier alpha value is -2.13. The molecule has 20 heavy (non-hydrogen) atoms. The van der Waals surface area contributed by atoms with E-state index in [1.165, 1.54) is 11.1 Å². The molecule has 0 amide bonds. The Labute approximate surface area is 119 Å². The van der Waals surface area contributed by atoms with Crippen LogP contribution >= 0.6 is 0 Å². The normalized spacial score (nSPS) is 12.7. The third-order valence-electron chi connectivity index (χ3n) is 3.56. The van der Waals surface area contributed by atoms with Gasteiger partial charge in [-0.2, -0.15) is 0 Å². The van der Waals surface area contributed by atoms with Gasteiger partial charge in [0.15, 0.2) is 0 Å². The van der Waals surface area contributed by atoms with Crippen LogP contribution in [0.3, 0.4) is 0 Å². The van der Waals surface area contributed by atoms with Gasteiger partial charge in [-0.05, 0) is 24.2 Å². The lowest BCUT2D eigenvalue weighted by molar-refractivity contribution is 0.481. The lowest BCUT2D eigenvalue weighted by Crippen LogP contribution is -2.25. The quantitative estimate of drug-likeness (QED) is 0.766. The maximum absolute atomic E-state index is 4.46. The fourth-order valence-electron chi connectivity index (χ4n) is 2.57. The average molecular weight is 265 g/mol. The molecule has 0 saturated heterocycles. The second-order valence-corrected chi connectivity index (χ2v) is 4.91. The summed E-state index contributed by atoms with van der Waals surface area (Å²) in [6.45, 7) is 3.98. The highest BCUT2D eigenvalue weighted by Gasteiger charge is 2.12. The van der Waals surface area contributed by atoms with Crippen molar-refractivity contribution in [1.29, 1.82) is 0 Å². The summed E-state index contributed by atoms with van der Waals surface area (Å²) in [5.74, 6) is 0. The van der Waals surface area contributed by atoms with Gasteiger partial charge in [-0.3, -0.25) is 0 Å². The van der Waals surface area contributed by atoms with Crippen LogP contribution in [0.4, 0.5) is 0 Å². The van der Waals surface area contributed by atoms with Crippen LogP contribution in [0, 0.1) is 0 Å². The fraction of sp³-hybridized carbons (Fsp3) is 0.235. The van der Waals surface area contributed by atoms with Gasteiger partial charge in [0.25, 0.3) is 0 Å². The minimum Gasteiger partial charge on any atom is -0.329 e. The molecule has 1 unspecified atom stereocenters. The molecule has 1 aromatic heterocycles. The van der Waals surface area contributed by atoms with E-state index in [4.69, 9.17) is 0 Å². The largest absolute Gasteiger partial charge is 0.329 e. The third-order valence-corrected chi connectivity index (χ3v) is 3.56. The van der Waals surface area contributed by atoms with Crippen LogP contribution in [-0.4, -0.2) is 16.1 Å². The van der Waals surface area contributed by atoms with E-state index in [0.29, 0.717) is 6.04 Å². The highest BCUT2D eigenvalue weighted by atomic mass is 15.1. The number of nitrogens with one attached hydrogen (secondary N) is 1. The van der Waals surface area contributed by atoms with E-state index < -0.39 is 0 Å². The highest BCUT2D eigenvalue weighted by molar-refractivity contribution is 5.74. The zero-order chi connectivity index (χ0) is 13.8. The molecular formula is C17H19N3. The number of hydrogen-bond acceptors (Lipinski definition) is 2. The van der Waals surface area contributed by atoms with E-state index in [0.717, 1.165) is 18.6 Å². The predicted molar refractivity (Wildman–Crippen MR) is 82.6 cm³/mol. The van der Waals surface area contributed by atoms with E-state index in [9.17, 15) is 0 Å². The molecule has 1 atom stereocenters. The van der Waals surface area contributed by atoms with Crippen LogP contribution in [0.15, 0.2) is 60.9 Å². The summed E-state index contributed by atoms with van der Waals surface area (Å²) >= 11 is 0. The number of para-hydroxylation sites is 2. The van der Waals surface area contributed by atoms with Gasteiger partial charge < -0.3 is 9.88 Å². The summed E-state index contributed by atoms with van der Waals surface area (Å²) in [5, 5.41) is 3.55. The molecule has 0 saturated carbocycles. The molecule has 3 aromatic rings. The number of nitrogens with zero attached hydrogens (tertiary/aromatic N) is 2. The molecule has 102 valence electrons. The number of fused-ring (bicyclic) bond motifs is 1. The molecule has 2 aromatic carbocycles. The molecule has 0 aliphatic rings. The molecule has 0 spiro atoms. The number of likely N-dealkylation sites (N-methyl/N-ethyl adjacent to an activating group) is 1. The van der Waals surface area contributed by atoms with E-state index in [1.54, 1.807) is 0 Å². The van der Waals surface area contributed by atoms with E-state index in [-0.39, 0.29) is 0 Å². The minimum absolute atomic E-state index is 0.304. The van der Waals surface area contributed by atoms with Gasteiger partial charge in [0.2, 0.25) is 0 Å². The Bertz CT molecular complexity index is 673. The van der Waals surface area contributed by atoms with Crippen molar-refractivity contribution >= 4 is 11.0 Å². The van der Waals surface area contributed by atoms with Crippen LogP contribution in [0.2, 0.25) is 0 Å². The molecule has 0 radical (unpaired) electrons. The van der Waals surface area contributed by atoms with Crippen molar-refractivity contribution < 1.29 is 0 Å². The molecule has 0 bridgehead atoms. The number of aromatic nitrogens is 2.